The van der Waals surface area contributed by atoms with Gasteiger partial charge < -0.3 is 39.6 Å². The first-order valence-corrected chi connectivity index (χ1v) is 33.4. The number of rotatable bonds is 17. The summed E-state index contributed by atoms with van der Waals surface area (Å²) >= 11 is 0. The lowest BCUT2D eigenvalue weighted by Crippen LogP contribution is -2.48. The molecule has 14 heterocycles. The number of pyridine rings is 5. The third-order valence-corrected chi connectivity index (χ3v) is 18.7. The van der Waals surface area contributed by atoms with Crippen molar-refractivity contribution >= 4 is 98.6 Å². The van der Waals surface area contributed by atoms with E-state index in [1.165, 1.54) is 51.2 Å². The maximum atomic E-state index is 13.4. The molecule has 3 saturated heterocycles. The SMILES string of the molecule is C[C@@H](CC(=O)c1ccc2c(n1)N(C(=O)Nc1ccc(OC[C@H](O)CO)cn1)[C@H]1CCN2C1)C(F)(F)F.C[C@@H](CC(=O)c1ccc2c(n1)N(C(=O)Nc1ncc3[nH]ccc3n1)[C@H]1CCN2C1)C(F)(F)F.Cc1ncc(-c2ccnc(NC(=O)N3c4nc(C(=O)C[C@H](C)C(F)(F)F)ccc4N4CC[C@H]3C4)c2)[nH]1. The molecular formula is C68H70F9N19O9. The third kappa shape index (κ3) is 16.5. The molecule has 8 aromatic rings. The van der Waals surface area contributed by atoms with Gasteiger partial charge in [-0.15, -0.1) is 0 Å². The lowest BCUT2D eigenvalue weighted by molar-refractivity contribution is -0.169. The Kier molecular flexibility index (Phi) is 21.0. The summed E-state index contributed by atoms with van der Waals surface area (Å²) in [7, 11) is 0. The van der Waals surface area contributed by atoms with Crippen LogP contribution in [0.2, 0.25) is 0 Å². The van der Waals surface area contributed by atoms with Crippen molar-refractivity contribution < 1.29 is 83.2 Å². The van der Waals surface area contributed by atoms with Gasteiger partial charge >= 0.3 is 36.6 Å². The van der Waals surface area contributed by atoms with E-state index in [1.807, 2.05) is 16.7 Å². The minimum Gasteiger partial charge on any atom is -0.489 e. The van der Waals surface area contributed by atoms with E-state index in [0.717, 1.165) is 43.4 Å². The van der Waals surface area contributed by atoms with Crippen LogP contribution in [0.5, 0.6) is 5.75 Å². The summed E-state index contributed by atoms with van der Waals surface area (Å²) < 4.78 is 122. The average Bonchev–Trinajstić information content (AvgIpc) is 1.67. The quantitative estimate of drug-likeness (QED) is 0.0329. The number of aryl methyl sites for hydroxylation is 1. The van der Waals surface area contributed by atoms with Crippen LogP contribution in [-0.4, -0.2) is 191 Å². The summed E-state index contributed by atoms with van der Waals surface area (Å²) in [6.07, 6.45) is -6.72. The number of imidazole rings is 1. The molecule has 6 amide bonds. The number of carbonyl (C=O) groups is 6. The number of urea groups is 3. The number of alkyl halides is 9. The second-order valence-corrected chi connectivity index (χ2v) is 26.2. The summed E-state index contributed by atoms with van der Waals surface area (Å²) in [6.45, 7) is 7.97. The van der Waals surface area contributed by atoms with E-state index in [-0.39, 0.29) is 71.0 Å². The molecular weight excluding hydrogens is 1400 g/mol. The first kappa shape index (κ1) is 73.6. The molecule has 6 bridgehead atoms. The number of halogens is 9. The highest BCUT2D eigenvalue weighted by molar-refractivity contribution is 6.08. The van der Waals surface area contributed by atoms with Crippen molar-refractivity contribution in [2.24, 2.45) is 17.8 Å². The molecule has 6 aliphatic heterocycles. The highest BCUT2D eigenvalue weighted by Gasteiger charge is 2.46. The topological polar surface area (TPSA) is 342 Å². The van der Waals surface area contributed by atoms with Crippen LogP contribution in [0.15, 0.2) is 97.7 Å². The number of H-pyrrole nitrogens is 2. The fraction of sp³-hybridized carbons (Fsp3) is 0.412. The van der Waals surface area contributed by atoms with Gasteiger partial charge in [-0.1, -0.05) is 20.8 Å². The average molecular weight is 1470 g/mol. The predicted octanol–water partition coefficient (Wildman–Crippen LogP) is 10.9. The first-order valence-electron chi connectivity index (χ1n) is 33.4. The Morgan fingerprint density at radius 1 is 0.562 bits per heavy atom. The van der Waals surface area contributed by atoms with Gasteiger partial charge in [-0.05, 0) is 92.9 Å². The van der Waals surface area contributed by atoms with Gasteiger partial charge in [0.15, 0.2) is 34.8 Å². The third-order valence-electron chi connectivity index (χ3n) is 18.7. The molecule has 0 aromatic carbocycles. The molecule has 0 spiro atoms. The van der Waals surface area contributed by atoms with Crippen molar-refractivity contribution in [2.45, 2.75) is 109 Å². The molecule has 0 saturated carbocycles. The van der Waals surface area contributed by atoms with E-state index in [0.29, 0.717) is 92.7 Å². The number of ether oxygens (including phenoxy) is 1. The second kappa shape index (κ2) is 29.9. The molecule has 0 aliphatic carbocycles. The number of hydrogen-bond donors (Lipinski definition) is 7. The molecule has 7 atom stereocenters. The van der Waals surface area contributed by atoms with Crippen LogP contribution >= 0.6 is 0 Å². The lowest BCUT2D eigenvalue weighted by Gasteiger charge is -2.35. The van der Waals surface area contributed by atoms with Crippen molar-refractivity contribution in [3.05, 3.63) is 121 Å². The number of nitrogens with zero attached hydrogens (tertiary/aromatic N) is 14. The molecule has 8 aromatic heterocycles. The Hall–Kier alpha value is -11.1. The molecule has 105 heavy (non-hydrogen) atoms. The standard InChI is InChI=1S/C24H24F3N7O2.C23H26F3N5O5.C21H20F3N7O2/c1-13(24(25,26)27)9-20(35)17-3-4-19-22(31-17)34(16-6-8-33(19)12-16)23(36)32-21-10-15(5-7-28-21)18-11-29-14(2)30-18;1-13(23(24,25)26)8-19(34)17-3-4-18-21(28-17)31(14-6-7-30(18)10-14)22(35)29-20-5-2-16(9-27-20)36-12-15(33)11-32;1-11(21(22,23)24)8-17(32)14-2-3-16-18(27-14)31(12-5-7-30(16)10-12)20(33)29-19-26-9-15-13(28-19)4-6-25-15/h3-5,7,10-11,13,16H,6,8-9,12H2,1-2H3,(H,29,30)(H,28,32,36);2-5,9,13-15,32-33H,6-8,10-12H2,1H3,(H,27,29,35);2-4,6,9,11-12,25H,5,7-8,10H2,1H3,(H,26,28,29,33)/t13-,16-;13-,14-,15+;11-,12-/m000/s1. The lowest BCUT2D eigenvalue weighted by atomic mass is 10.0. The number of nitrogens with one attached hydrogen (secondary N) is 5. The zero-order chi connectivity index (χ0) is 75.0. The van der Waals surface area contributed by atoms with Crippen LogP contribution in [0.1, 0.15) is 96.6 Å². The van der Waals surface area contributed by atoms with Gasteiger partial charge in [-0.25, -0.2) is 54.3 Å². The molecule has 3 fully saturated rings. The summed E-state index contributed by atoms with van der Waals surface area (Å²) in [5, 5.41) is 26.4. The zero-order valence-electron chi connectivity index (χ0n) is 56.6. The highest BCUT2D eigenvalue weighted by atomic mass is 19.4. The van der Waals surface area contributed by atoms with Crippen LogP contribution in [0.25, 0.3) is 22.3 Å². The van der Waals surface area contributed by atoms with Crippen molar-refractivity contribution in [3.8, 4) is 17.0 Å². The number of ketones is 3. The summed E-state index contributed by atoms with van der Waals surface area (Å²) in [6, 6.07) is 15.3. The molecule has 0 unspecified atom stereocenters. The molecule has 28 nitrogen and oxygen atoms in total. The van der Waals surface area contributed by atoms with Crippen molar-refractivity contribution in [1.82, 2.24) is 49.8 Å². The maximum Gasteiger partial charge on any atom is 0.391 e. The highest BCUT2D eigenvalue weighted by Crippen LogP contribution is 2.44. The van der Waals surface area contributed by atoms with E-state index in [2.05, 4.69) is 70.7 Å². The molecule has 554 valence electrons. The van der Waals surface area contributed by atoms with Crippen molar-refractivity contribution in [1.29, 1.82) is 0 Å². The largest absolute Gasteiger partial charge is 0.489 e. The maximum absolute atomic E-state index is 13.4. The number of fused-ring (bicyclic) bond motifs is 13. The van der Waals surface area contributed by atoms with Gasteiger partial charge in [0.25, 0.3) is 0 Å². The van der Waals surface area contributed by atoms with Gasteiger partial charge in [0, 0.05) is 76.5 Å². The Morgan fingerprint density at radius 2 is 1.03 bits per heavy atom. The van der Waals surface area contributed by atoms with E-state index in [4.69, 9.17) is 9.84 Å². The number of carbonyl (C=O) groups excluding carboxylic acids is 6. The van der Waals surface area contributed by atoms with Gasteiger partial charge in [-0.2, -0.15) is 39.5 Å². The Bertz CT molecular complexity index is 4580. The van der Waals surface area contributed by atoms with Crippen LogP contribution < -0.4 is 50.1 Å². The number of aromatic amines is 2. The number of hydrogen-bond acceptors (Lipinski definition) is 20. The number of amides is 6. The smallest absolute Gasteiger partial charge is 0.391 e. The molecule has 14 rings (SSSR count). The Labute approximate surface area is 591 Å². The van der Waals surface area contributed by atoms with Gasteiger partial charge in [0.05, 0.1) is 94.9 Å². The Morgan fingerprint density at radius 3 is 1.46 bits per heavy atom. The summed E-state index contributed by atoms with van der Waals surface area (Å²) in [5.41, 5.74) is 4.53. The fourth-order valence-electron chi connectivity index (χ4n) is 12.8. The summed E-state index contributed by atoms with van der Waals surface area (Å²) in [5.74, 6) is -5.16. The number of aliphatic hydroxyl groups excluding tert-OH is 2. The molecule has 6 aliphatic rings. The normalized spacial score (nSPS) is 18.1. The van der Waals surface area contributed by atoms with Crippen molar-refractivity contribution in [3.63, 3.8) is 0 Å². The summed E-state index contributed by atoms with van der Waals surface area (Å²) in [4.78, 5) is 128. The molecule has 0 radical (unpaired) electrons. The second-order valence-electron chi connectivity index (χ2n) is 26.2. The molecule has 37 heteroatoms. The minimum absolute atomic E-state index is 0.0973. The number of aromatic nitrogens is 10. The van der Waals surface area contributed by atoms with Crippen LogP contribution in [0.3, 0.4) is 0 Å². The van der Waals surface area contributed by atoms with Gasteiger partial charge in [0.1, 0.15) is 53.0 Å². The van der Waals surface area contributed by atoms with Gasteiger partial charge in [0.2, 0.25) is 5.95 Å². The zero-order valence-corrected chi connectivity index (χ0v) is 56.6. The van der Waals surface area contributed by atoms with Crippen LogP contribution in [0, 0.1) is 24.7 Å². The van der Waals surface area contributed by atoms with E-state index < -0.39 is 104 Å². The first-order chi connectivity index (χ1) is 49.9. The predicted molar refractivity (Wildman–Crippen MR) is 365 cm³/mol. The van der Waals surface area contributed by atoms with E-state index in [1.54, 1.807) is 61.2 Å². The van der Waals surface area contributed by atoms with Crippen molar-refractivity contribution in [2.75, 3.05) is 97.8 Å². The fourth-order valence-corrected chi connectivity index (χ4v) is 12.8. The monoisotopic (exact) mass is 1470 g/mol. The van der Waals surface area contributed by atoms with Crippen LogP contribution in [0.4, 0.5) is 106 Å². The van der Waals surface area contributed by atoms with E-state index in [9.17, 15) is 73.4 Å². The number of Topliss-reactive ketones (excluding diaryl/α,β-unsaturated/α-hetero) is 3. The minimum atomic E-state index is -4.49. The van der Waals surface area contributed by atoms with Gasteiger partial charge in [-0.3, -0.25) is 45.0 Å². The van der Waals surface area contributed by atoms with Crippen LogP contribution in [-0.2, 0) is 0 Å². The Balaban J connectivity index is 0.000000148. The number of anilines is 9. The molecule has 7 N–H and O–H groups in total. The number of aliphatic hydroxyl groups is 2. The van der Waals surface area contributed by atoms with E-state index >= 15 is 0 Å².